The Kier molecular flexibility index (Phi) is 4.10. The normalized spacial score (nSPS) is 15.4. The molecule has 4 nitrogen and oxygen atoms in total. The molecule has 0 aliphatic heterocycles. The van der Waals surface area contributed by atoms with Gasteiger partial charge < -0.3 is 10.2 Å². The van der Waals surface area contributed by atoms with Gasteiger partial charge in [0.05, 0.1) is 12.2 Å². The second-order valence-electron chi connectivity index (χ2n) is 3.53. The minimum atomic E-state index is -0.630. The van der Waals surface area contributed by atoms with E-state index in [1.165, 1.54) is 0 Å². The lowest BCUT2D eigenvalue weighted by Gasteiger charge is -2.15. The third-order valence-corrected chi connectivity index (χ3v) is 2.48. The Morgan fingerprint density at radius 1 is 1.43 bits per heavy atom. The number of rotatable bonds is 5. The molecule has 0 radical (unpaired) electrons. The number of nitrogens with zero attached hydrogens (tertiary/aromatic N) is 2. The van der Waals surface area contributed by atoms with E-state index in [1.807, 2.05) is 20.0 Å². The van der Waals surface area contributed by atoms with Crippen LogP contribution in [-0.2, 0) is 13.5 Å². The van der Waals surface area contributed by atoms with Crippen LogP contribution in [0.5, 0.6) is 0 Å². The van der Waals surface area contributed by atoms with Crippen molar-refractivity contribution in [1.29, 1.82) is 0 Å². The number of aliphatic hydroxyl groups excluding tert-OH is 2. The number of hydrogen-bond donors (Lipinski definition) is 2. The van der Waals surface area contributed by atoms with Crippen LogP contribution < -0.4 is 0 Å². The highest BCUT2D eigenvalue weighted by Gasteiger charge is 2.14. The largest absolute Gasteiger partial charge is 0.390 e. The topological polar surface area (TPSA) is 58.3 Å². The summed E-state index contributed by atoms with van der Waals surface area (Å²) in [4.78, 5) is 0. The van der Waals surface area contributed by atoms with Crippen LogP contribution in [0.25, 0.3) is 0 Å². The minimum absolute atomic E-state index is 0.578. The number of aromatic nitrogens is 2. The molecule has 14 heavy (non-hydrogen) atoms. The Morgan fingerprint density at radius 3 is 2.64 bits per heavy atom. The molecule has 0 saturated heterocycles. The van der Waals surface area contributed by atoms with Crippen LogP contribution in [-0.4, -0.2) is 32.2 Å². The van der Waals surface area contributed by atoms with Gasteiger partial charge in [-0.2, -0.15) is 5.10 Å². The monoisotopic (exact) mass is 198 g/mol. The van der Waals surface area contributed by atoms with Gasteiger partial charge >= 0.3 is 0 Å². The summed E-state index contributed by atoms with van der Waals surface area (Å²) in [5.41, 5.74) is 1.08. The third-order valence-electron chi connectivity index (χ3n) is 2.48. The molecule has 1 rings (SSSR count). The van der Waals surface area contributed by atoms with Crippen molar-refractivity contribution < 1.29 is 10.2 Å². The first-order valence-corrected chi connectivity index (χ1v) is 4.98. The van der Waals surface area contributed by atoms with Gasteiger partial charge in [0.2, 0.25) is 0 Å². The van der Waals surface area contributed by atoms with Gasteiger partial charge in [0.15, 0.2) is 0 Å². The summed E-state index contributed by atoms with van der Waals surface area (Å²) < 4.78 is 1.78. The van der Waals surface area contributed by atoms with Gasteiger partial charge in [0.25, 0.3) is 0 Å². The summed E-state index contributed by atoms with van der Waals surface area (Å²) in [6.45, 7) is 1.86. The van der Waals surface area contributed by atoms with Crippen molar-refractivity contribution in [2.24, 2.45) is 7.05 Å². The number of hydrogen-bond acceptors (Lipinski definition) is 3. The predicted molar refractivity (Wildman–Crippen MR) is 53.8 cm³/mol. The SMILES string of the molecule is CCC(O)C(O)CCc1ccnn1C. The van der Waals surface area contributed by atoms with E-state index < -0.39 is 12.2 Å². The fourth-order valence-electron chi connectivity index (χ4n) is 1.41. The van der Waals surface area contributed by atoms with Crippen molar-refractivity contribution in [3.05, 3.63) is 18.0 Å². The van der Waals surface area contributed by atoms with Gasteiger partial charge in [0, 0.05) is 18.9 Å². The van der Waals surface area contributed by atoms with Gasteiger partial charge in [0.1, 0.15) is 0 Å². The summed E-state index contributed by atoms with van der Waals surface area (Å²) in [5, 5.41) is 22.9. The molecule has 2 N–H and O–H groups in total. The Morgan fingerprint density at radius 2 is 2.14 bits per heavy atom. The molecule has 2 atom stereocenters. The number of aryl methyl sites for hydroxylation is 2. The molecule has 0 amide bonds. The quantitative estimate of drug-likeness (QED) is 0.723. The molecule has 1 heterocycles. The molecule has 0 saturated carbocycles. The molecule has 0 aliphatic carbocycles. The fourth-order valence-corrected chi connectivity index (χ4v) is 1.41. The zero-order valence-corrected chi connectivity index (χ0v) is 8.72. The Bertz CT molecular complexity index is 273. The molecular formula is C10H18N2O2. The summed E-state index contributed by atoms with van der Waals surface area (Å²) in [6, 6.07) is 1.92. The summed E-state index contributed by atoms with van der Waals surface area (Å²) in [6.07, 6.45) is 2.41. The van der Waals surface area contributed by atoms with Crippen molar-refractivity contribution in [2.45, 2.75) is 38.4 Å². The Balaban J connectivity index is 2.37. The molecule has 0 aliphatic rings. The van der Waals surface area contributed by atoms with Crippen molar-refractivity contribution in [2.75, 3.05) is 0 Å². The molecule has 0 bridgehead atoms. The van der Waals surface area contributed by atoms with Crippen molar-refractivity contribution in [1.82, 2.24) is 9.78 Å². The van der Waals surface area contributed by atoms with Gasteiger partial charge in [-0.3, -0.25) is 4.68 Å². The molecule has 0 spiro atoms. The first-order valence-electron chi connectivity index (χ1n) is 4.98. The molecular weight excluding hydrogens is 180 g/mol. The molecule has 0 fully saturated rings. The maximum absolute atomic E-state index is 9.53. The van der Waals surface area contributed by atoms with E-state index in [1.54, 1.807) is 10.9 Å². The summed E-state index contributed by atoms with van der Waals surface area (Å²) >= 11 is 0. The maximum atomic E-state index is 9.53. The molecule has 1 aromatic rings. The molecule has 0 aromatic carbocycles. The van der Waals surface area contributed by atoms with E-state index in [-0.39, 0.29) is 0 Å². The first-order chi connectivity index (χ1) is 6.65. The third kappa shape index (κ3) is 2.82. The standard InChI is InChI=1S/C10H18N2O2/c1-3-9(13)10(14)5-4-8-6-7-11-12(8)2/h6-7,9-10,13-14H,3-5H2,1-2H3. The van der Waals surface area contributed by atoms with Crippen LogP contribution in [0.15, 0.2) is 12.3 Å². The van der Waals surface area contributed by atoms with E-state index in [9.17, 15) is 10.2 Å². The average molecular weight is 198 g/mol. The van der Waals surface area contributed by atoms with Crippen LogP contribution >= 0.6 is 0 Å². The van der Waals surface area contributed by atoms with Crippen LogP contribution in [0.4, 0.5) is 0 Å². The highest BCUT2D eigenvalue weighted by atomic mass is 16.3. The smallest absolute Gasteiger partial charge is 0.0802 e. The van der Waals surface area contributed by atoms with Crippen molar-refractivity contribution in [3.8, 4) is 0 Å². The summed E-state index contributed by atoms with van der Waals surface area (Å²) in [5.74, 6) is 0. The van der Waals surface area contributed by atoms with Gasteiger partial charge in [-0.05, 0) is 25.3 Å². The lowest BCUT2D eigenvalue weighted by atomic mass is 10.1. The lowest BCUT2D eigenvalue weighted by molar-refractivity contribution is 0.0128. The van der Waals surface area contributed by atoms with Gasteiger partial charge in [-0.1, -0.05) is 6.92 Å². The zero-order chi connectivity index (χ0) is 10.6. The second-order valence-corrected chi connectivity index (χ2v) is 3.53. The highest BCUT2D eigenvalue weighted by molar-refractivity contribution is 5.00. The second kappa shape index (κ2) is 5.12. The number of aliphatic hydroxyl groups is 2. The fraction of sp³-hybridized carbons (Fsp3) is 0.700. The predicted octanol–water partition coefficient (Wildman–Crippen LogP) is 0.484. The van der Waals surface area contributed by atoms with Crippen molar-refractivity contribution >= 4 is 0 Å². The van der Waals surface area contributed by atoms with E-state index in [2.05, 4.69) is 5.10 Å². The van der Waals surface area contributed by atoms with E-state index in [0.29, 0.717) is 12.8 Å². The first kappa shape index (κ1) is 11.2. The molecule has 2 unspecified atom stereocenters. The van der Waals surface area contributed by atoms with Crippen molar-refractivity contribution in [3.63, 3.8) is 0 Å². The van der Waals surface area contributed by atoms with E-state index in [0.717, 1.165) is 12.1 Å². The van der Waals surface area contributed by atoms with Crippen LogP contribution in [0.3, 0.4) is 0 Å². The molecule has 1 aromatic heterocycles. The minimum Gasteiger partial charge on any atom is -0.390 e. The van der Waals surface area contributed by atoms with Crippen LogP contribution in [0, 0.1) is 0 Å². The molecule has 80 valence electrons. The van der Waals surface area contributed by atoms with E-state index >= 15 is 0 Å². The van der Waals surface area contributed by atoms with Gasteiger partial charge in [-0.15, -0.1) is 0 Å². The van der Waals surface area contributed by atoms with Gasteiger partial charge in [-0.25, -0.2) is 0 Å². The summed E-state index contributed by atoms with van der Waals surface area (Å²) in [7, 11) is 1.87. The maximum Gasteiger partial charge on any atom is 0.0802 e. The van der Waals surface area contributed by atoms with Crippen LogP contribution in [0.2, 0.25) is 0 Å². The Hall–Kier alpha value is -0.870. The molecule has 4 heteroatoms. The van der Waals surface area contributed by atoms with Crippen LogP contribution in [0.1, 0.15) is 25.5 Å². The van der Waals surface area contributed by atoms with E-state index in [4.69, 9.17) is 0 Å². The average Bonchev–Trinajstić information content (AvgIpc) is 2.59. The lowest BCUT2D eigenvalue weighted by Crippen LogP contribution is -2.25. The zero-order valence-electron chi connectivity index (χ0n) is 8.72. The Labute approximate surface area is 84.2 Å². The highest BCUT2D eigenvalue weighted by Crippen LogP contribution is 2.08.